The second-order valence-corrected chi connectivity index (χ2v) is 9.74. The largest absolute Gasteiger partial charge is 0.477 e. The zero-order valence-corrected chi connectivity index (χ0v) is 17.7. The first-order chi connectivity index (χ1) is 14.3. The topological polar surface area (TPSA) is 72.4 Å². The van der Waals surface area contributed by atoms with Crippen molar-refractivity contribution in [1.29, 1.82) is 0 Å². The lowest BCUT2D eigenvalue weighted by molar-refractivity contribution is 0.0693. The molecule has 152 valence electrons. The molecule has 0 fully saturated rings. The van der Waals surface area contributed by atoms with E-state index in [1.54, 1.807) is 17.6 Å². The van der Waals surface area contributed by atoms with E-state index in [1.807, 2.05) is 16.7 Å². The fourth-order valence-electron chi connectivity index (χ4n) is 4.45. The highest BCUT2D eigenvalue weighted by atomic mass is 32.1. The lowest BCUT2D eigenvalue weighted by Gasteiger charge is -2.39. The van der Waals surface area contributed by atoms with E-state index < -0.39 is 11.4 Å². The van der Waals surface area contributed by atoms with Crippen molar-refractivity contribution < 1.29 is 14.3 Å². The van der Waals surface area contributed by atoms with E-state index in [4.69, 9.17) is 4.42 Å². The third kappa shape index (κ3) is 2.75. The highest BCUT2D eigenvalue weighted by molar-refractivity contribution is 7.17. The van der Waals surface area contributed by atoms with E-state index in [9.17, 15) is 14.7 Å². The van der Waals surface area contributed by atoms with Gasteiger partial charge in [-0.15, -0.1) is 11.3 Å². The second-order valence-electron chi connectivity index (χ2n) is 8.83. The Morgan fingerprint density at radius 2 is 2.03 bits per heavy atom. The highest BCUT2D eigenvalue weighted by Gasteiger charge is 2.35. The first-order valence-electron chi connectivity index (χ1n) is 9.82. The number of hydrogen-bond acceptors (Lipinski definition) is 4. The van der Waals surface area contributed by atoms with Crippen molar-refractivity contribution in [2.24, 2.45) is 5.41 Å². The second kappa shape index (κ2) is 6.44. The van der Waals surface area contributed by atoms with Crippen LogP contribution in [0.1, 0.15) is 42.7 Å². The normalized spacial score (nSPS) is 15.8. The van der Waals surface area contributed by atoms with Crippen LogP contribution in [0.25, 0.3) is 32.7 Å². The van der Waals surface area contributed by atoms with E-state index in [-0.39, 0.29) is 17.0 Å². The number of fused-ring (bicyclic) bond motifs is 5. The quantitative estimate of drug-likeness (QED) is 0.444. The average molecular weight is 420 g/mol. The Morgan fingerprint density at radius 1 is 1.23 bits per heavy atom. The third-order valence-electron chi connectivity index (χ3n) is 5.95. The van der Waals surface area contributed by atoms with Crippen molar-refractivity contribution in [2.75, 3.05) is 0 Å². The van der Waals surface area contributed by atoms with Crippen LogP contribution >= 0.6 is 11.3 Å². The number of benzene rings is 1. The van der Waals surface area contributed by atoms with Crippen molar-refractivity contribution in [2.45, 2.75) is 33.2 Å². The molecule has 0 aliphatic carbocycles. The first kappa shape index (κ1) is 18.9. The molecule has 6 heteroatoms. The number of carboxylic acids is 1. The molecule has 0 bridgehead atoms. The van der Waals surface area contributed by atoms with E-state index in [1.165, 1.54) is 22.5 Å². The summed E-state index contributed by atoms with van der Waals surface area (Å²) in [6.45, 7) is 6.44. The van der Waals surface area contributed by atoms with Crippen LogP contribution < -0.4 is 5.43 Å². The number of furan rings is 1. The minimum atomic E-state index is -1.20. The number of thiophene rings is 1. The lowest BCUT2D eigenvalue weighted by Crippen LogP contribution is -2.32. The van der Waals surface area contributed by atoms with Crippen molar-refractivity contribution in [3.8, 4) is 22.6 Å². The fourth-order valence-corrected chi connectivity index (χ4v) is 5.43. The average Bonchev–Trinajstić information content (AvgIpc) is 3.37. The molecule has 3 aromatic heterocycles. The molecular weight excluding hydrogens is 398 g/mol. The smallest absolute Gasteiger partial charge is 0.341 e. The molecule has 0 amide bonds. The minimum Gasteiger partial charge on any atom is -0.477 e. The molecule has 0 spiro atoms. The summed E-state index contributed by atoms with van der Waals surface area (Å²) in [5.41, 5.74) is 3.11. The first-order valence-corrected chi connectivity index (χ1v) is 10.7. The van der Waals surface area contributed by atoms with Crippen LogP contribution in [0.3, 0.4) is 0 Å². The fraction of sp³-hybridized carbons (Fsp3) is 0.250. The SMILES string of the molecule is CC(C)(C)[C@@H]1Cc2c(cc(-c3ccco3)c3ccsc23)-c2cc(=O)c(C(=O)O)cn21. The molecule has 5 nitrogen and oxygen atoms in total. The summed E-state index contributed by atoms with van der Waals surface area (Å²) in [5, 5.41) is 12.7. The molecule has 0 saturated heterocycles. The van der Waals surface area contributed by atoms with Crippen LogP contribution in [0.2, 0.25) is 0 Å². The molecular formula is C24H21NO4S. The van der Waals surface area contributed by atoms with E-state index >= 15 is 0 Å². The maximum Gasteiger partial charge on any atom is 0.341 e. The molecule has 5 rings (SSSR count). The van der Waals surface area contributed by atoms with Gasteiger partial charge < -0.3 is 14.1 Å². The summed E-state index contributed by atoms with van der Waals surface area (Å²) in [5.74, 6) is -0.422. The van der Waals surface area contributed by atoms with Gasteiger partial charge in [-0.3, -0.25) is 4.79 Å². The van der Waals surface area contributed by atoms with E-state index in [0.717, 1.165) is 34.4 Å². The Morgan fingerprint density at radius 3 is 2.70 bits per heavy atom. The standard InChI is InChI=1S/C24H21NO4S/c1-24(2,3)21-10-16-14(18-11-19(26)17(23(27)28)12-25(18)21)9-15(20-5-4-7-29-20)13-6-8-30-22(13)16/h4-9,11-12,21H,10H2,1-3H3,(H,27,28)/t21-/m0/s1. The predicted octanol–water partition coefficient (Wildman–Crippen LogP) is 5.83. The van der Waals surface area contributed by atoms with Gasteiger partial charge in [0, 0.05) is 39.5 Å². The van der Waals surface area contributed by atoms with Crippen LogP contribution in [0.5, 0.6) is 0 Å². The Hall–Kier alpha value is -3.12. The van der Waals surface area contributed by atoms with E-state index in [2.05, 4.69) is 38.3 Å². The molecule has 1 aromatic carbocycles. The summed E-state index contributed by atoms with van der Waals surface area (Å²) in [6, 6.07) is 9.48. The molecule has 0 radical (unpaired) electrons. The Bertz CT molecular complexity index is 1350. The zero-order chi connectivity index (χ0) is 21.2. The molecule has 4 aromatic rings. The maximum absolute atomic E-state index is 12.6. The molecule has 0 saturated carbocycles. The van der Waals surface area contributed by atoms with Gasteiger partial charge in [0.1, 0.15) is 11.3 Å². The molecule has 1 atom stereocenters. The van der Waals surface area contributed by atoms with Crippen LogP contribution in [0, 0.1) is 5.41 Å². The van der Waals surface area contributed by atoms with Crippen molar-refractivity contribution in [3.05, 3.63) is 69.5 Å². The zero-order valence-electron chi connectivity index (χ0n) is 16.9. The predicted molar refractivity (Wildman–Crippen MR) is 118 cm³/mol. The van der Waals surface area contributed by atoms with Crippen LogP contribution in [-0.4, -0.2) is 15.6 Å². The van der Waals surface area contributed by atoms with Crippen LogP contribution in [-0.2, 0) is 6.42 Å². The molecule has 4 heterocycles. The number of hydrogen-bond donors (Lipinski definition) is 1. The number of aromatic nitrogens is 1. The molecule has 0 unspecified atom stereocenters. The van der Waals surface area contributed by atoms with Gasteiger partial charge in [-0.1, -0.05) is 20.8 Å². The summed E-state index contributed by atoms with van der Waals surface area (Å²) in [6.07, 6.45) is 3.94. The number of carbonyl (C=O) groups is 1. The van der Waals surface area contributed by atoms with Crippen molar-refractivity contribution >= 4 is 27.4 Å². The van der Waals surface area contributed by atoms with Gasteiger partial charge >= 0.3 is 5.97 Å². The molecule has 1 aliphatic heterocycles. The number of nitrogens with zero attached hydrogens (tertiary/aromatic N) is 1. The Labute approximate surface area is 177 Å². The minimum absolute atomic E-state index is 0.0264. The van der Waals surface area contributed by atoms with Crippen molar-refractivity contribution in [1.82, 2.24) is 4.57 Å². The number of aromatic carboxylic acids is 1. The maximum atomic E-state index is 12.6. The molecule has 30 heavy (non-hydrogen) atoms. The van der Waals surface area contributed by atoms with E-state index in [0.29, 0.717) is 0 Å². The van der Waals surface area contributed by atoms with Gasteiger partial charge in [-0.2, -0.15) is 0 Å². The van der Waals surface area contributed by atoms with Crippen molar-refractivity contribution in [3.63, 3.8) is 0 Å². The van der Waals surface area contributed by atoms with Gasteiger partial charge in [0.05, 0.1) is 12.0 Å². The summed E-state index contributed by atoms with van der Waals surface area (Å²) in [4.78, 5) is 24.3. The summed E-state index contributed by atoms with van der Waals surface area (Å²) >= 11 is 1.69. The monoisotopic (exact) mass is 419 g/mol. The Kier molecular flexibility index (Phi) is 4.05. The lowest BCUT2D eigenvalue weighted by atomic mass is 9.78. The number of rotatable bonds is 2. The molecule has 1 aliphatic rings. The van der Waals surface area contributed by atoms with Crippen LogP contribution in [0.4, 0.5) is 0 Å². The van der Waals surface area contributed by atoms with Gasteiger partial charge in [0.15, 0.2) is 5.43 Å². The third-order valence-corrected chi connectivity index (χ3v) is 6.92. The van der Waals surface area contributed by atoms with Gasteiger partial charge in [0.2, 0.25) is 0 Å². The Balaban J connectivity index is 1.88. The summed E-state index contributed by atoms with van der Waals surface area (Å²) < 4.78 is 8.86. The van der Waals surface area contributed by atoms with Gasteiger partial charge in [0.25, 0.3) is 0 Å². The highest BCUT2D eigenvalue weighted by Crippen LogP contribution is 2.48. The van der Waals surface area contributed by atoms with Gasteiger partial charge in [-0.05, 0) is 47.0 Å². The number of pyridine rings is 1. The summed E-state index contributed by atoms with van der Waals surface area (Å²) in [7, 11) is 0. The van der Waals surface area contributed by atoms with Gasteiger partial charge in [-0.25, -0.2) is 4.79 Å². The van der Waals surface area contributed by atoms with Crippen LogP contribution in [0.15, 0.2) is 57.4 Å². The number of carboxylic acid groups (broad SMARTS) is 1. The molecule has 1 N–H and O–H groups in total.